The fourth-order valence-electron chi connectivity index (χ4n) is 3.89. The summed E-state index contributed by atoms with van der Waals surface area (Å²) >= 11 is 0. The molecule has 0 aliphatic heterocycles. The van der Waals surface area contributed by atoms with Gasteiger partial charge in [-0.25, -0.2) is 23.1 Å². The molecule has 0 saturated heterocycles. The van der Waals surface area contributed by atoms with Gasteiger partial charge in [0.15, 0.2) is 17.5 Å². The second-order valence-electron chi connectivity index (χ2n) is 7.97. The van der Waals surface area contributed by atoms with Gasteiger partial charge in [-0.1, -0.05) is 12.1 Å². The predicted octanol–water partition coefficient (Wildman–Crippen LogP) is 6.07. The van der Waals surface area contributed by atoms with E-state index in [1.807, 2.05) is 0 Å². The smallest absolute Gasteiger partial charge is 0.270 e. The van der Waals surface area contributed by atoms with Crippen molar-refractivity contribution >= 4 is 28.0 Å². The fraction of sp³-hybridized carbons (Fsp3) is 0.0400. The SMILES string of the molecule is Cc1c(F)cc(C(=Nc2ccc(-c3cnc[nH]3)cc2)c2c(O)[nH]c3ccc([N+](=O)[O-])cc23)c(F)c1F. The summed E-state index contributed by atoms with van der Waals surface area (Å²) in [6.45, 7) is 1.09. The summed E-state index contributed by atoms with van der Waals surface area (Å²) < 4.78 is 44.2. The summed E-state index contributed by atoms with van der Waals surface area (Å²) in [7, 11) is 0. The number of benzene rings is 3. The highest BCUT2D eigenvalue weighted by Gasteiger charge is 2.26. The molecule has 0 radical (unpaired) electrons. The van der Waals surface area contributed by atoms with E-state index in [1.165, 1.54) is 18.5 Å². The van der Waals surface area contributed by atoms with E-state index in [-0.39, 0.29) is 33.6 Å². The number of nitrogens with one attached hydrogen (secondary N) is 2. The standard InChI is InChI=1S/C25H16F3N5O3/c1-12-18(26)9-17(23(28)22(12)27)24(31-14-4-2-13(3-5-14)20-10-29-11-30-20)21-16-8-15(33(35)36)6-7-19(16)32-25(21)34/h2-11,32,34H,1H3,(H,29,30). The van der Waals surface area contributed by atoms with E-state index in [2.05, 4.69) is 19.9 Å². The average molecular weight is 491 g/mol. The summed E-state index contributed by atoms with van der Waals surface area (Å²) in [6.07, 6.45) is 3.13. The number of nitrogens with zero attached hydrogens (tertiary/aromatic N) is 3. The van der Waals surface area contributed by atoms with E-state index >= 15 is 4.39 Å². The number of non-ortho nitro benzene ring substituents is 1. The Hall–Kier alpha value is -4.93. The molecule has 0 aliphatic carbocycles. The number of aromatic nitrogens is 3. The van der Waals surface area contributed by atoms with Crippen molar-refractivity contribution < 1.29 is 23.2 Å². The van der Waals surface area contributed by atoms with Crippen LogP contribution >= 0.6 is 0 Å². The number of aliphatic imine (C=N–C) groups is 1. The molecule has 0 fully saturated rings. The second-order valence-corrected chi connectivity index (χ2v) is 7.97. The summed E-state index contributed by atoms with van der Waals surface area (Å²) in [5, 5.41) is 22.2. The van der Waals surface area contributed by atoms with Crippen molar-refractivity contribution in [2.75, 3.05) is 0 Å². The third kappa shape index (κ3) is 3.86. The quantitative estimate of drug-likeness (QED) is 0.120. The molecule has 0 saturated carbocycles. The molecule has 3 N–H and O–H groups in total. The zero-order valence-electron chi connectivity index (χ0n) is 18.5. The second kappa shape index (κ2) is 8.69. The first-order valence-corrected chi connectivity index (χ1v) is 10.6. The number of H-pyrrole nitrogens is 2. The van der Waals surface area contributed by atoms with Gasteiger partial charge in [0, 0.05) is 34.2 Å². The number of rotatable bonds is 5. The maximum atomic E-state index is 15.1. The van der Waals surface area contributed by atoms with Crippen molar-refractivity contribution in [1.29, 1.82) is 0 Å². The maximum absolute atomic E-state index is 15.1. The lowest BCUT2D eigenvalue weighted by molar-refractivity contribution is -0.384. The number of hydrogen-bond acceptors (Lipinski definition) is 5. The van der Waals surface area contributed by atoms with Crippen LogP contribution in [0.1, 0.15) is 16.7 Å². The Morgan fingerprint density at radius 3 is 2.50 bits per heavy atom. The summed E-state index contributed by atoms with van der Waals surface area (Å²) in [5.41, 5.74) is 0.231. The summed E-state index contributed by atoms with van der Waals surface area (Å²) in [5.74, 6) is -4.30. The van der Waals surface area contributed by atoms with E-state index in [0.29, 0.717) is 0 Å². The van der Waals surface area contributed by atoms with E-state index < -0.39 is 39.4 Å². The van der Waals surface area contributed by atoms with Gasteiger partial charge in [-0.3, -0.25) is 10.1 Å². The van der Waals surface area contributed by atoms with Crippen molar-refractivity contribution in [2.24, 2.45) is 4.99 Å². The molecule has 0 atom stereocenters. The van der Waals surface area contributed by atoms with Gasteiger partial charge in [-0.15, -0.1) is 0 Å². The molecule has 0 bridgehead atoms. The Kier molecular flexibility index (Phi) is 5.51. The van der Waals surface area contributed by atoms with E-state index in [0.717, 1.165) is 30.3 Å². The predicted molar refractivity (Wildman–Crippen MR) is 127 cm³/mol. The molecule has 2 aromatic heterocycles. The lowest BCUT2D eigenvalue weighted by atomic mass is 9.98. The van der Waals surface area contributed by atoms with Crippen LogP contribution in [0, 0.1) is 34.5 Å². The van der Waals surface area contributed by atoms with E-state index in [4.69, 9.17) is 0 Å². The van der Waals surface area contributed by atoms with Crippen molar-refractivity contribution in [3.8, 4) is 17.1 Å². The molecule has 11 heteroatoms. The molecule has 0 aliphatic rings. The van der Waals surface area contributed by atoms with Gasteiger partial charge >= 0.3 is 0 Å². The topological polar surface area (TPSA) is 120 Å². The highest BCUT2D eigenvalue weighted by Crippen LogP contribution is 2.35. The van der Waals surface area contributed by atoms with Crippen molar-refractivity contribution in [2.45, 2.75) is 6.92 Å². The Morgan fingerprint density at radius 2 is 1.83 bits per heavy atom. The molecule has 5 aromatic rings. The van der Waals surface area contributed by atoms with E-state index in [1.54, 1.807) is 30.5 Å². The Labute approximate surface area is 200 Å². The largest absolute Gasteiger partial charge is 0.494 e. The monoisotopic (exact) mass is 491 g/mol. The first-order valence-electron chi connectivity index (χ1n) is 10.6. The number of imidazole rings is 1. The Balaban J connectivity index is 1.77. The van der Waals surface area contributed by atoms with Crippen LogP contribution in [-0.2, 0) is 0 Å². The minimum Gasteiger partial charge on any atom is -0.494 e. The lowest BCUT2D eigenvalue weighted by Crippen LogP contribution is -2.10. The van der Waals surface area contributed by atoms with Gasteiger partial charge < -0.3 is 15.1 Å². The van der Waals surface area contributed by atoms with Gasteiger partial charge in [0.2, 0.25) is 0 Å². The molecular formula is C25H16F3N5O3. The van der Waals surface area contributed by atoms with E-state index in [9.17, 15) is 24.0 Å². The third-order valence-electron chi connectivity index (χ3n) is 5.77. The van der Waals surface area contributed by atoms with Crippen LogP contribution in [-0.4, -0.2) is 30.7 Å². The minimum atomic E-state index is -1.40. The molecule has 0 amide bonds. The molecule has 3 aromatic carbocycles. The number of aromatic amines is 2. The number of hydrogen-bond donors (Lipinski definition) is 3. The highest BCUT2D eigenvalue weighted by atomic mass is 19.2. The van der Waals surface area contributed by atoms with Gasteiger partial charge in [0.25, 0.3) is 5.69 Å². The zero-order chi connectivity index (χ0) is 25.6. The first kappa shape index (κ1) is 22.8. The van der Waals surface area contributed by atoms with Crippen LogP contribution in [0.2, 0.25) is 0 Å². The van der Waals surface area contributed by atoms with Crippen molar-refractivity contribution in [3.63, 3.8) is 0 Å². The fourth-order valence-corrected chi connectivity index (χ4v) is 3.89. The third-order valence-corrected chi connectivity index (χ3v) is 5.77. The molecule has 180 valence electrons. The zero-order valence-corrected chi connectivity index (χ0v) is 18.5. The van der Waals surface area contributed by atoms with Gasteiger partial charge in [0.05, 0.1) is 40.1 Å². The summed E-state index contributed by atoms with van der Waals surface area (Å²) in [6, 6.07) is 11.1. The minimum absolute atomic E-state index is 0.121. The van der Waals surface area contributed by atoms with Crippen LogP contribution in [0.25, 0.3) is 22.2 Å². The molecule has 2 heterocycles. The van der Waals surface area contributed by atoms with Crippen molar-refractivity contribution in [3.05, 3.63) is 105 Å². The molecule has 8 nitrogen and oxygen atoms in total. The lowest BCUT2D eigenvalue weighted by Gasteiger charge is -2.11. The molecule has 0 spiro atoms. The average Bonchev–Trinajstić information content (AvgIpc) is 3.51. The van der Waals surface area contributed by atoms with Crippen LogP contribution in [0.5, 0.6) is 5.88 Å². The molecular weight excluding hydrogens is 475 g/mol. The Morgan fingerprint density at radius 1 is 1.08 bits per heavy atom. The van der Waals surface area contributed by atoms with Gasteiger partial charge in [-0.05, 0) is 36.8 Å². The normalized spacial score (nSPS) is 11.8. The number of nitro groups is 1. The molecule has 5 rings (SSSR count). The van der Waals surface area contributed by atoms with Gasteiger partial charge in [0.1, 0.15) is 5.82 Å². The molecule has 36 heavy (non-hydrogen) atoms. The summed E-state index contributed by atoms with van der Waals surface area (Å²) in [4.78, 5) is 24.7. The van der Waals surface area contributed by atoms with Crippen LogP contribution in [0.4, 0.5) is 24.5 Å². The van der Waals surface area contributed by atoms with Crippen LogP contribution in [0.15, 0.2) is 66.0 Å². The first-order chi connectivity index (χ1) is 17.2. The van der Waals surface area contributed by atoms with Crippen molar-refractivity contribution in [1.82, 2.24) is 15.0 Å². The molecule has 0 unspecified atom stereocenters. The van der Waals surface area contributed by atoms with Crippen LogP contribution in [0.3, 0.4) is 0 Å². The van der Waals surface area contributed by atoms with Crippen LogP contribution < -0.4 is 0 Å². The number of halogens is 3. The number of aromatic hydroxyl groups is 1. The maximum Gasteiger partial charge on any atom is 0.270 e. The van der Waals surface area contributed by atoms with Gasteiger partial charge in [-0.2, -0.15) is 0 Å². The Bertz CT molecular complexity index is 1660. The highest BCUT2D eigenvalue weighted by molar-refractivity contribution is 6.22. The number of fused-ring (bicyclic) bond motifs is 1. The number of nitro benzene ring substituents is 1.